The lowest BCUT2D eigenvalue weighted by Crippen LogP contribution is -2.20. The van der Waals surface area contributed by atoms with Gasteiger partial charge in [0.15, 0.2) is 0 Å². The van der Waals surface area contributed by atoms with E-state index in [-0.39, 0.29) is 11.1 Å². The summed E-state index contributed by atoms with van der Waals surface area (Å²) < 4.78 is 13.4. The van der Waals surface area contributed by atoms with E-state index in [9.17, 15) is 29.4 Å². The number of amides is 1. The van der Waals surface area contributed by atoms with Crippen molar-refractivity contribution >= 4 is 23.5 Å². The van der Waals surface area contributed by atoms with Crippen LogP contribution in [0, 0.1) is 26.0 Å². The van der Waals surface area contributed by atoms with Crippen molar-refractivity contribution in [1.29, 1.82) is 0 Å². The molecular weight excluding hydrogens is 335 g/mol. The molecular formula is C15H11FN4O5. The van der Waals surface area contributed by atoms with E-state index < -0.39 is 39.4 Å². The maximum absolute atomic E-state index is 13.4. The summed E-state index contributed by atoms with van der Waals surface area (Å²) in [6, 6.07) is 8.75. The second kappa shape index (κ2) is 7.73. The number of hydrogen-bond acceptors (Lipinski definition) is 6. The monoisotopic (exact) mass is 346 g/mol. The highest BCUT2D eigenvalue weighted by Gasteiger charge is 2.20. The molecule has 128 valence electrons. The first kappa shape index (κ1) is 17.7. The van der Waals surface area contributed by atoms with Gasteiger partial charge in [0.2, 0.25) is 5.91 Å². The Morgan fingerprint density at radius 3 is 2.52 bits per heavy atom. The van der Waals surface area contributed by atoms with Crippen molar-refractivity contribution in [3.05, 3.63) is 79.6 Å². The minimum absolute atomic E-state index is 0.00538. The normalized spacial score (nSPS) is 10.6. The lowest BCUT2D eigenvalue weighted by Gasteiger charge is -2.02. The van der Waals surface area contributed by atoms with Gasteiger partial charge < -0.3 is 0 Å². The molecule has 0 aliphatic carbocycles. The second-order valence-corrected chi connectivity index (χ2v) is 4.82. The third-order valence-electron chi connectivity index (χ3n) is 3.13. The molecule has 0 atom stereocenters. The van der Waals surface area contributed by atoms with E-state index in [1.54, 1.807) is 6.07 Å². The van der Waals surface area contributed by atoms with Gasteiger partial charge in [0.05, 0.1) is 28.5 Å². The summed E-state index contributed by atoms with van der Waals surface area (Å²) in [6.07, 6.45) is 0.681. The van der Waals surface area contributed by atoms with Crippen LogP contribution >= 0.6 is 0 Å². The van der Waals surface area contributed by atoms with Crippen LogP contribution in [0.15, 0.2) is 47.6 Å². The van der Waals surface area contributed by atoms with Crippen LogP contribution in [0.1, 0.15) is 11.1 Å². The molecule has 0 aromatic heterocycles. The Balaban J connectivity index is 2.09. The lowest BCUT2D eigenvalue weighted by molar-refractivity contribution is -0.394. The van der Waals surface area contributed by atoms with E-state index in [1.807, 2.05) is 0 Å². The highest BCUT2D eigenvalue weighted by atomic mass is 19.1. The summed E-state index contributed by atoms with van der Waals surface area (Å²) in [5.74, 6) is -1.21. The molecule has 1 N–H and O–H groups in total. The zero-order valence-electron chi connectivity index (χ0n) is 12.6. The topological polar surface area (TPSA) is 128 Å². The van der Waals surface area contributed by atoms with Crippen LogP contribution in [0.2, 0.25) is 0 Å². The molecule has 2 aromatic rings. The number of benzene rings is 2. The van der Waals surface area contributed by atoms with E-state index in [1.165, 1.54) is 18.2 Å². The zero-order chi connectivity index (χ0) is 18.4. The van der Waals surface area contributed by atoms with Crippen LogP contribution in [0.5, 0.6) is 0 Å². The molecule has 0 radical (unpaired) electrons. The highest BCUT2D eigenvalue weighted by Crippen LogP contribution is 2.24. The SMILES string of the molecule is O=C(Cc1ccc([N+](=O)[O-])cc1[N+](=O)[O-])N/N=C\c1ccccc1F. The number of nitrogens with zero attached hydrogens (tertiary/aromatic N) is 3. The summed E-state index contributed by atoms with van der Waals surface area (Å²) in [6.45, 7) is 0. The van der Waals surface area contributed by atoms with Gasteiger partial charge in [0, 0.05) is 17.2 Å². The second-order valence-electron chi connectivity index (χ2n) is 4.82. The van der Waals surface area contributed by atoms with Gasteiger partial charge in [-0.05, 0) is 12.1 Å². The Labute approximate surface area is 140 Å². The Morgan fingerprint density at radius 1 is 1.16 bits per heavy atom. The fraction of sp³-hybridized carbons (Fsp3) is 0.0667. The van der Waals surface area contributed by atoms with Crippen LogP contribution < -0.4 is 5.43 Å². The van der Waals surface area contributed by atoms with E-state index in [0.717, 1.165) is 24.4 Å². The number of hydrazone groups is 1. The molecule has 0 aliphatic heterocycles. The molecule has 0 saturated heterocycles. The van der Waals surface area contributed by atoms with Gasteiger partial charge in [-0.3, -0.25) is 25.0 Å². The Bertz CT molecular complexity index is 869. The van der Waals surface area contributed by atoms with E-state index in [0.29, 0.717) is 0 Å². The summed E-state index contributed by atoms with van der Waals surface area (Å²) in [5, 5.41) is 25.2. The minimum Gasteiger partial charge on any atom is -0.273 e. The van der Waals surface area contributed by atoms with Crippen LogP contribution in [0.3, 0.4) is 0 Å². The number of non-ortho nitro benzene ring substituents is 1. The van der Waals surface area contributed by atoms with Gasteiger partial charge in [0.1, 0.15) is 5.82 Å². The van der Waals surface area contributed by atoms with Crippen LogP contribution in [-0.2, 0) is 11.2 Å². The maximum Gasteiger partial charge on any atom is 0.279 e. The van der Waals surface area contributed by atoms with Crippen molar-refractivity contribution in [2.45, 2.75) is 6.42 Å². The van der Waals surface area contributed by atoms with Gasteiger partial charge in [-0.2, -0.15) is 5.10 Å². The molecule has 0 spiro atoms. The molecule has 9 nitrogen and oxygen atoms in total. The quantitative estimate of drug-likeness (QED) is 0.488. The molecule has 0 heterocycles. The van der Waals surface area contributed by atoms with Crippen molar-refractivity contribution in [2.75, 3.05) is 0 Å². The molecule has 0 fully saturated rings. The molecule has 0 aliphatic rings. The molecule has 1 amide bonds. The average molecular weight is 346 g/mol. The summed E-state index contributed by atoms with van der Waals surface area (Å²) >= 11 is 0. The minimum atomic E-state index is -0.807. The van der Waals surface area contributed by atoms with Crippen LogP contribution in [0.25, 0.3) is 0 Å². The Hall–Kier alpha value is -3.69. The number of nitrogens with one attached hydrogen (secondary N) is 1. The molecule has 2 aromatic carbocycles. The molecule has 0 unspecified atom stereocenters. The number of halogens is 1. The fourth-order valence-corrected chi connectivity index (χ4v) is 1.95. The third kappa shape index (κ3) is 4.64. The largest absolute Gasteiger partial charge is 0.279 e. The van der Waals surface area contributed by atoms with Crippen molar-refractivity contribution < 1.29 is 19.0 Å². The molecule has 0 saturated carbocycles. The van der Waals surface area contributed by atoms with Crippen molar-refractivity contribution in [1.82, 2.24) is 5.43 Å². The van der Waals surface area contributed by atoms with Crippen molar-refractivity contribution in [3.8, 4) is 0 Å². The van der Waals surface area contributed by atoms with Gasteiger partial charge >= 0.3 is 0 Å². The number of hydrogen-bond donors (Lipinski definition) is 1. The number of nitro groups is 2. The lowest BCUT2D eigenvalue weighted by atomic mass is 10.1. The Morgan fingerprint density at radius 2 is 1.88 bits per heavy atom. The van der Waals surface area contributed by atoms with Crippen molar-refractivity contribution in [2.24, 2.45) is 5.10 Å². The number of nitro benzene ring substituents is 2. The predicted molar refractivity (Wildman–Crippen MR) is 85.6 cm³/mol. The van der Waals surface area contributed by atoms with Gasteiger partial charge in [0.25, 0.3) is 11.4 Å². The summed E-state index contributed by atoms with van der Waals surface area (Å²) in [4.78, 5) is 31.9. The molecule has 0 bridgehead atoms. The molecule has 25 heavy (non-hydrogen) atoms. The fourth-order valence-electron chi connectivity index (χ4n) is 1.95. The molecule has 10 heteroatoms. The maximum atomic E-state index is 13.4. The zero-order valence-corrected chi connectivity index (χ0v) is 12.6. The first-order valence-electron chi connectivity index (χ1n) is 6.86. The third-order valence-corrected chi connectivity index (χ3v) is 3.13. The van der Waals surface area contributed by atoms with E-state index in [4.69, 9.17) is 0 Å². The summed E-state index contributed by atoms with van der Waals surface area (Å²) in [5.41, 5.74) is 1.28. The average Bonchev–Trinajstić information content (AvgIpc) is 2.56. The first-order valence-corrected chi connectivity index (χ1v) is 6.86. The van der Waals surface area contributed by atoms with E-state index in [2.05, 4.69) is 10.5 Å². The number of rotatable bonds is 6. The van der Waals surface area contributed by atoms with Crippen molar-refractivity contribution in [3.63, 3.8) is 0 Å². The first-order chi connectivity index (χ1) is 11.9. The van der Waals surface area contributed by atoms with Gasteiger partial charge in [-0.1, -0.05) is 18.2 Å². The number of carbonyl (C=O) groups excluding carboxylic acids is 1. The van der Waals surface area contributed by atoms with E-state index >= 15 is 0 Å². The van der Waals surface area contributed by atoms with Gasteiger partial charge in [-0.25, -0.2) is 9.82 Å². The van der Waals surface area contributed by atoms with Crippen LogP contribution in [0.4, 0.5) is 15.8 Å². The number of carbonyl (C=O) groups is 1. The van der Waals surface area contributed by atoms with Gasteiger partial charge in [-0.15, -0.1) is 0 Å². The molecule has 2 rings (SSSR count). The van der Waals surface area contributed by atoms with Crippen LogP contribution in [-0.4, -0.2) is 22.0 Å². The summed E-state index contributed by atoms with van der Waals surface area (Å²) in [7, 11) is 0. The smallest absolute Gasteiger partial charge is 0.273 e. The standard InChI is InChI=1S/C15H11FN4O5/c16-13-4-2-1-3-11(13)9-17-18-15(21)7-10-5-6-12(19(22)23)8-14(10)20(24)25/h1-6,8-9H,7H2,(H,18,21)/b17-9-. The Kier molecular flexibility index (Phi) is 5.46. The highest BCUT2D eigenvalue weighted by molar-refractivity contribution is 5.84. The predicted octanol–water partition coefficient (Wildman–Crippen LogP) is 2.33.